The fourth-order valence-electron chi connectivity index (χ4n) is 5.62. The number of hydrogen-bond acceptors (Lipinski definition) is 3. The number of hydrogen-bond donors (Lipinski definition) is 2. The smallest absolute Gasteiger partial charge is 0.274 e. The lowest BCUT2D eigenvalue weighted by Crippen LogP contribution is -2.34. The van der Waals surface area contributed by atoms with E-state index >= 15 is 0 Å². The molecule has 32 heavy (non-hydrogen) atoms. The zero-order valence-corrected chi connectivity index (χ0v) is 17.9. The maximum atomic E-state index is 13.7. The number of benzene rings is 1. The van der Waals surface area contributed by atoms with Crippen molar-refractivity contribution in [1.82, 2.24) is 14.9 Å². The molecule has 7 nitrogen and oxygen atoms in total. The van der Waals surface area contributed by atoms with E-state index < -0.39 is 5.41 Å². The second-order valence-corrected chi connectivity index (χ2v) is 9.87. The summed E-state index contributed by atoms with van der Waals surface area (Å²) >= 11 is 0. The molecule has 0 radical (unpaired) electrons. The Hall–Kier alpha value is -3.35. The van der Waals surface area contributed by atoms with Gasteiger partial charge in [0, 0.05) is 42.3 Å². The average molecular weight is 428 g/mol. The van der Waals surface area contributed by atoms with E-state index in [1.54, 1.807) is 17.7 Å². The van der Waals surface area contributed by atoms with Gasteiger partial charge < -0.3 is 19.8 Å². The Labute approximate surface area is 184 Å². The van der Waals surface area contributed by atoms with Crippen molar-refractivity contribution >= 4 is 28.4 Å². The number of H-pyrrole nitrogens is 1. The van der Waals surface area contributed by atoms with Gasteiger partial charge in [-0.15, -0.1) is 0 Å². The number of nitrogens with zero attached hydrogens (tertiary/aromatic N) is 2. The third kappa shape index (κ3) is 2.34. The number of pyridine rings is 1. The minimum Gasteiger partial charge on any atom is -0.348 e. The fraction of sp³-hybridized carbons (Fsp3) is 0.400. The Morgan fingerprint density at radius 1 is 1.16 bits per heavy atom. The summed E-state index contributed by atoms with van der Waals surface area (Å²) in [7, 11) is 1.73. The summed E-state index contributed by atoms with van der Waals surface area (Å²) in [5, 5.41) is 3.74. The SMILES string of the molecule is Cn1cc([C@@H]2C[C@@]23C(=O)N(C2CC2)c2ccccc23)c2cc(C(=O)NC3CC3)[nH]c2c1=O. The summed E-state index contributed by atoms with van der Waals surface area (Å²) in [5.41, 5.74) is 3.23. The molecular formula is C25H24N4O3. The Kier molecular flexibility index (Phi) is 3.37. The lowest BCUT2D eigenvalue weighted by molar-refractivity contribution is -0.120. The Morgan fingerprint density at radius 2 is 1.94 bits per heavy atom. The number of rotatable bonds is 4. The molecule has 7 rings (SSSR count). The molecule has 2 aromatic heterocycles. The van der Waals surface area contributed by atoms with Crippen LogP contribution in [0.5, 0.6) is 0 Å². The topological polar surface area (TPSA) is 87.2 Å². The van der Waals surface area contributed by atoms with E-state index in [4.69, 9.17) is 0 Å². The van der Waals surface area contributed by atoms with E-state index in [9.17, 15) is 14.4 Å². The van der Waals surface area contributed by atoms with E-state index in [1.807, 2.05) is 23.2 Å². The monoisotopic (exact) mass is 428 g/mol. The molecule has 162 valence electrons. The Morgan fingerprint density at radius 3 is 2.69 bits per heavy atom. The highest BCUT2D eigenvalue weighted by Gasteiger charge is 2.68. The van der Waals surface area contributed by atoms with Crippen molar-refractivity contribution in [3.8, 4) is 0 Å². The summed E-state index contributed by atoms with van der Waals surface area (Å²) in [4.78, 5) is 44.3. The van der Waals surface area contributed by atoms with E-state index in [1.165, 1.54) is 0 Å². The second kappa shape index (κ2) is 5.91. The number of anilines is 1. The number of nitrogens with one attached hydrogen (secondary N) is 2. The number of aryl methyl sites for hydroxylation is 1. The molecule has 3 aromatic rings. The highest BCUT2D eigenvalue weighted by atomic mass is 16.2. The number of para-hydroxylation sites is 1. The molecule has 4 aliphatic rings. The van der Waals surface area contributed by atoms with Crippen LogP contribution in [0.4, 0.5) is 5.69 Å². The van der Waals surface area contributed by atoms with Crippen LogP contribution in [0.2, 0.25) is 0 Å². The molecular weight excluding hydrogens is 404 g/mol. The molecule has 2 N–H and O–H groups in total. The zero-order chi connectivity index (χ0) is 21.8. The van der Waals surface area contributed by atoms with Gasteiger partial charge in [-0.2, -0.15) is 0 Å². The van der Waals surface area contributed by atoms with E-state index in [2.05, 4.69) is 22.4 Å². The summed E-state index contributed by atoms with van der Waals surface area (Å²) in [6, 6.07) is 10.5. The number of aromatic nitrogens is 2. The van der Waals surface area contributed by atoms with Gasteiger partial charge in [0.1, 0.15) is 11.2 Å². The number of carbonyl (C=O) groups is 2. The van der Waals surface area contributed by atoms with Crippen molar-refractivity contribution in [2.75, 3.05) is 4.90 Å². The van der Waals surface area contributed by atoms with Gasteiger partial charge in [0.05, 0.1) is 5.41 Å². The predicted molar refractivity (Wildman–Crippen MR) is 120 cm³/mol. The molecule has 3 saturated carbocycles. The Balaban J connectivity index is 1.35. The first-order valence-corrected chi connectivity index (χ1v) is 11.5. The summed E-state index contributed by atoms with van der Waals surface area (Å²) in [5.74, 6) is 0.00388. The zero-order valence-electron chi connectivity index (χ0n) is 17.9. The maximum Gasteiger partial charge on any atom is 0.274 e. The van der Waals surface area contributed by atoms with Crippen LogP contribution in [0, 0.1) is 0 Å². The Bertz CT molecular complexity index is 1390. The van der Waals surface area contributed by atoms with Crippen LogP contribution in [0.3, 0.4) is 0 Å². The number of amides is 2. The lowest BCUT2D eigenvalue weighted by atomic mass is 9.91. The van der Waals surface area contributed by atoms with Crippen LogP contribution < -0.4 is 15.8 Å². The molecule has 1 aliphatic heterocycles. The van der Waals surface area contributed by atoms with Crippen molar-refractivity contribution < 1.29 is 9.59 Å². The molecule has 0 saturated heterocycles. The van der Waals surface area contributed by atoms with E-state index in [-0.39, 0.29) is 29.3 Å². The quantitative estimate of drug-likeness (QED) is 0.670. The summed E-state index contributed by atoms with van der Waals surface area (Å²) in [6.07, 6.45) is 6.71. The van der Waals surface area contributed by atoms with E-state index in [0.717, 1.165) is 54.3 Å². The first-order valence-electron chi connectivity index (χ1n) is 11.5. The van der Waals surface area contributed by atoms with Crippen molar-refractivity contribution in [1.29, 1.82) is 0 Å². The predicted octanol–water partition coefficient (Wildman–Crippen LogP) is 2.69. The first kappa shape index (κ1) is 18.2. The van der Waals surface area contributed by atoms with E-state index in [0.29, 0.717) is 17.3 Å². The fourth-order valence-corrected chi connectivity index (χ4v) is 5.62. The van der Waals surface area contributed by atoms with Crippen LogP contribution in [0.25, 0.3) is 10.9 Å². The lowest BCUT2D eigenvalue weighted by Gasteiger charge is -2.17. The number of fused-ring (bicyclic) bond motifs is 3. The van der Waals surface area contributed by atoms with Crippen molar-refractivity contribution in [3.05, 3.63) is 63.7 Å². The molecule has 0 bridgehead atoms. The van der Waals surface area contributed by atoms with Crippen LogP contribution in [-0.2, 0) is 17.3 Å². The molecule has 3 fully saturated rings. The molecule has 2 amide bonds. The summed E-state index contributed by atoms with van der Waals surface area (Å²) < 4.78 is 1.56. The average Bonchev–Trinajstić information content (AvgIpc) is 3.69. The van der Waals surface area contributed by atoms with Crippen molar-refractivity contribution in [2.24, 2.45) is 7.05 Å². The third-order valence-electron chi connectivity index (χ3n) is 7.65. The van der Waals surface area contributed by atoms with Crippen molar-refractivity contribution in [2.45, 2.75) is 55.5 Å². The van der Waals surface area contributed by atoms with Gasteiger partial charge in [-0.1, -0.05) is 18.2 Å². The van der Waals surface area contributed by atoms with Crippen LogP contribution in [-0.4, -0.2) is 33.4 Å². The van der Waals surface area contributed by atoms with Gasteiger partial charge in [-0.3, -0.25) is 14.4 Å². The van der Waals surface area contributed by atoms with Crippen LogP contribution in [0.1, 0.15) is 59.6 Å². The summed E-state index contributed by atoms with van der Waals surface area (Å²) in [6.45, 7) is 0. The molecule has 1 spiro atoms. The molecule has 2 atom stereocenters. The highest BCUT2D eigenvalue weighted by molar-refractivity contribution is 6.12. The second-order valence-electron chi connectivity index (χ2n) is 9.87. The van der Waals surface area contributed by atoms with Gasteiger partial charge in [0.15, 0.2) is 0 Å². The maximum absolute atomic E-state index is 13.7. The van der Waals surface area contributed by atoms with Crippen LogP contribution >= 0.6 is 0 Å². The molecule has 1 aromatic carbocycles. The molecule has 3 aliphatic carbocycles. The third-order valence-corrected chi connectivity index (χ3v) is 7.65. The first-order chi connectivity index (χ1) is 15.5. The van der Waals surface area contributed by atoms with Gasteiger partial charge in [-0.05, 0) is 55.4 Å². The van der Waals surface area contributed by atoms with Gasteiger partial charge in [0.2, 0.25) is 5.91 Å². The normalized spacial score (nSPS) is 26.1. The largest absolute Gasteiger partial charge is 0.348 e. The molecule has 3 heterocycles. The number of carbonyl (C=O) groups excluding carboxylic acids is 2. The minimum atomic E-state index is -0.558. The van der Waals surface area contributed by atoms with Crippen molar-refractivity contribution in [3.63, 3.8) is 0 Å². The van der Waals surface area contributed by atoms with Crippen LogP contribution in [0.15, 0.2) is 41.3 Å². The highest BCUT2D eigenvalue weighted by Crippen LogP contribution is 2.67. The minimum absolute atomic E-state index is 0.00987. The molecule has 0 unspecified atom stereocenters. The van der Waals surface area contributed by atoms with Gasteiger partial charge >= 0.3 is 0 Å². The van der Waals surface area contributed by atoms with Gasteiger partial charge in [0.25, 0.3) is 11.5 Å². The number of aromatic amines is 1. The van der Waals surface area contributed by atoms with Gasteiger partial charge in [-0.25, -0.2) is 0 Å². The molecule has 7 heteroatoms. The standard InChI is InChI=1S/C25H24N4O3/c1-28-12-16(15-10-19(27-21(15)23(28)31)22(30)26-13-6-7-13)18-11-25(18)17-4-2-3-5-20(17)29(24(25)32)14-8-9-14/h2-5,10,12-14,18,27H,6-9,11H2,1H3,(H,26,30)/t18-,25-/m0/s1.